The predicted octanol–water partition coefficient (Wildman–Crippen LogP) is 2.20. The van der Waals surface area contributed by atoms with Crippen molar-refractivity contribution in [2.75, 3.05) is 12.5 Å². The standard InChI is InChI=1S/C7H9BrN2OS/c1-12(2,11)10-7-6(8)4-3-5-9-7/h3-5H,1-2H3. The van der Waals surface area contributed by atoms with Crippen LogP contribution in [0.1, 0.15) is 0 Å². The van der Waals surface area contributed by atoms with Crippen molar-refractivity contribution in [1.82, 2.24) is 4.98 Å². The van der Waals surface area contributed by atoms with Crippen LogP contribution in [0.5, 0.6) is 0 Å². The highest BCUT2D eigenvalue weighted by Crippen LogP contribution is 2.22. The first-order valence-electron chi connectivity index (χ1n) is 3.27. The maximum atomic E-state index is 11.3. The van der Waals surface area contributed by atoms with E-state index in [1.165, 1.54) is 0 Å². The van der Waals surface area contributed by atoms with Gasteiger partial charge < -0.3 is 0 Å². The molecule has 0 spiro atoms. The first-order chi connectivity index (χ1) is 5.49. The van der Waals surface area contributed by atoms with Gasteiger partial charge in [0, 0.05) is 28.4 Å². The lowest BCUT2D eigenvalue weighted by molar-refractivity contribution is 0.684. The number of halogens is 1. The summed E-state index contributed by atoms with van der Waals surface area (Å²) in [5, 5.41) is 0. The van der Waals surface area contributed by atoms with Crippen LogP contribution < -0.4 is 0 Å². The Kier molecular flexibility index (Phi) is 2.85. The molecule has 0 N–H and O–H groups in total. The zero-order valence-corrected chi connectivity index (χ0v) is 9.22. The Labute approximate surface area is 80.5 Å². The van der Waals surface area contributed by atoms with E-state index in [9.17, 15) is 4.21 Å². The summed E-state index contributed by atoms with van der Waals surface area (Å²) in [5.74, 6) is 0.493. The number of pyridine rings is 1. The van der Waals surface area contributed by atoms with E-state index in [-0.39, 0.29) is 0 Å². The van der Waals surface area contributed by atoms with Crippen LogP contribution in [0.4, 0.5) is 5.82 Å². The van der Waals surface area contributed by atoms with E-state index in [0.717, 1.165) is 4.47 Å². The molecule has 1 rings (SSSR count). The fourth-order valence-corrected chi connectivity index (χ4v) is 1.68. The maximum Gasteiger partial charge on any atom is 0.175 e. The molecule has 0 radical (unpaired) electrons. The molecule has 0 aliphatic heterocycles. The molecule has 0 saturated carbocycles. The number of hydrogen-bond donors (Lipinski definition) is 0. The zero-order chi connectivity index (χ0) is 9.19. The monoisotopic (exact) mass is 248 g/mol. The van der Waals surface area contributed by atoms with E-state index in [0.29, 0.717) is 5.82 Å². The van der Waals surface area contributed by atoms with Crippen LogP contribution in [0.25, 0.3) is 0 Å². The number of rotatable bonds is 1. The SMILES string of the molecule is CS(C)(=O)=Nc1ncccc1Br. The van der Waals surface area contributed by atoms with Crippen molar-refractivity contribution in [3.05, 3.63) is 22.8 Å². The minimum absolute atomic E-state index is 0.493. The summed E-state index contributed by atoms with van der Waals surface area (Å²) in [6.07, 6.45) is 4.77. The second-order valence-corrected chi connectivity index (χ2v) is 5.98. The van der Waals surface area contributed by atoms with Crippen molar-refractivity contribution in [3.8, 4) is 0 Å². The van der Waals surface area contributed by atoms with Gasteiger partial charge in [-0.1, -0.05) is 0 Å². The highest BCUT2D eigenvalue weighted by atomic mass is 79.9. The molecule has 0 unspecified atom stereocenters. The van der Waals surface area contributed by atoms with Crippen molar-refractivity contribution >= 4 is 31.5 Å². The quantitative estimate of drug-likeness (QED) is 0.765. The average Bonchev–Trinajstić information content (AvgIpc) is 1.91. The molecule has 1 aromatic heterocycles. The molecule has 0 atom stereocenters. The van der Waals surface area contributed by atoms with Crippen molar-refractivity contribution in [2.24, 2.45) is 4.36 Å². The molecule has 1 heterocycles. The van der Waals surface area contributed by atoms with Gasteiger partial charge in [0.15, 0.2) is 5.82 Å². The highest BCUT2D eigenvalue weighted by Gasteiger charge is 1.98. The van der Waals surface area contributed by atoms with Crippen LogP contribution in [0.15, 0.2) is 27.2 Å². The second-order valence-electron chi connectivity index (χ2n) is 2.58. The number of aromatic nitrogens is 1. The second kappa shape index (κ2) is 3.53. The number of hydrogen-bond acceptors (Lipinski definition) is 3. The largest absolute Gasteiger partial charge is 0.250 e. The van der Waals surface area contributed by atoms with Crippen molar-refractivity contribution in [3.63, 3.8) is 0 Å². The van der Waals surface area contributed by atoms with Crippen LogP contribution in [0.2, 0.25) is 0 Å². The molecule has 3 nitrogen and oxygen atoms in total. The van der Waals surface area contributed by atoms with Crippen molar-refractivity contribution in [1.29, 1.82) is 0 Å². The van der Waals surface area contributed by atoms with Gasteiger partial charge in [0.1, 0.15) is 0 Å². The average molecular weight is 249 g/mol. The Balaban J connectivity index is 3.23. The van der Waals surface area contributed by atoms with E-state index in [1.54, 1.807) is 24.8 Å². The van der Waals surface area contributed by atoms with Gasteiger partial charge in [-0.15, -0.1) is 0 Å². The zero-order valence-electron chi connectivity index (χ0n) is 6.82. The van der Waals surface area contributed by atoms with E-state index >= 15 is 0 Å². The van der Waals surface area contributed by atoms with Crippen LogP contribution in [-0.4, -0.2) is 21.7 Å². The lowest BCUT2D eigenvalue weighted by Crippen LogP contribution is -1.90. The minimum Gasteiger partial charge on any atom is -0.250 e. The molecule has 5 heteroatoms. The summed E-state index contributed by atoms with van der Waals surface area (Å²) in [6, 6.07) is 3.60. The van der Waals surface area contributed by atoms with Crippen LogP contribution in [0, 0.1) is 0 Å². The van der Waals surface area contributed by atoms with E-state index in [4.69, 9.17) is 0 Å². The van der Waals surface area contributed by atoms with Gasteiger partial charge in [0.25, 0.3) is 0 Å². The third kappa shape index (κ3) is 2.91. The smallest absolute Gasteiger partial charge is 0.175 e. The Morgan fingerprint density at radius 2 is 2.25 bits per heavy atom. The lowest BCUT2D eigenvalue weighted by Gasteiger charge is -1.97. The van der Waals surface area contributed by atoms with Crippen LogP contribution in [0.3, 0.4) is 0 Å². The Morgan fingerprint density at radius 3 is 2.75 bits per heavy atom. The molecule has 12 heavy (non-hydrogen) atoms. The molecule has 0 bridgehead atoms. The van der Waals surface area contributed by atoms with Gasteiger partial charge in [-0.25, -0.2) is 9.19 Å². The molecular weight excluding hydrogens is 240 g/mol. The van der Waals surface area contributed by atoms with Crippen molar-refractivity contribution < 1.29 is 4.21 Å². The van der Waals surface area contributed by atoms with E-state index < -0.39 is 9.73 Å². The summed E-state index contributed by atoms with van der Waals surface area (Å²) in [4.78, 5) is 3.97. The highest BCUT2D eigenvalue weighted by molar-refractivity contribution is 9.10. The third-order valence-corrected chi connectivity index (χ3v) is 2.28. The lowest BCUT2D eigenvalue weighted by atomic mass is 10.5. The fraction of sp³-hybridized carbons (Fsp3) is 0.286. The van der Waals surface area contributed by atoms with Gasteiger partial charge in [-0.05, 0) is 28.1 Å². The summed E-state index contributed by atoms with van der Waals surface area (Å²) < 4.78 is 16.0. The molecule has 0 saturated heterocycles. The Hall–Kier alpha value is -0.420. The van der Waals surface area contributed by atoms with Gasteiger partial charge >= 0.3 is 0 Å². The predicted molar refractivity (Wildman–Crippen MR) is 54.0 cm³/mol. The molecule has 0 amide bonds. The Morgan fingerprint density at radius 1 is 1.58 bits per heavy atom. The maximum absolute atomic E-state index is 11.3. The fourth-order valence-electron chi connectivity index (χ4n) is 0.653. The summed E-state index contributed by atoms with van der Waals surface area (Å²) in [5.41, 5.74) is 0. The van der Waals surface area contributed by atoms with Gasteiger partial charge in [0.2, 0.25) is 0 Å². The van der Waals surface area contributed by atoms with Crippen LogP contribution >= 0.6 is 15.9 Å². The summed E-state index contributed by atoms with van der Waals surface area (Å²) >= 11 is 3.27. The molecule has 0 aliphatic rings. The Bertz CT molecular complexity index is 388. The van der Waals surface area contributed by atoms with Crippen molar-refractivity contribution in [2.45, 2.75) is 0 Å². The molecular formula is C7H9BrN2OS. The first kappa shape index (κ1) is 9.67. The molecule has 66 valence electrons. The molecule has 0 aromatic carbocycles. The van der Waals surface area contributed by atoms with Crippen LogP contribution in [-0.2, 0) is 9.73 Å². The molecule has 0 fully saturated rings. The molecule has 0 aliphatic carbocycles. The minimum atomic E-state index is -2.12. The normalized spacial score (nSPS) is 11.2. The summed E-state index contributed by atoms with van der Waals surface area (Å²) in [7, 11) is -2.12. The van der Waals surface area contributed by atoms with Gasteiger partial charge in [0.05, 0.1) is 4.47 Å². The topological polar surface area (TPSA) is 42.3 Å². The van der Waals surface area contributed by atoms with Gasteiger partial charge in [-0.3, -0.25) is 0 Å². The molecule has 1 aromatic rings. The van der Waals surface area contributed by atoms with Gasteiger partial charge in [-0.2, -0.15) is 4.36 Å². The van der Waals surface area contributed by atoms with E-state index in [1.807, 2.05) is 6.07 Å². The number of nitrogens with zero attached hydrogens (tertiary/aromatic N) is 2. The first-order valence-corrected chi connectivity index (χ1v) is 6.39. The summed E-state index contributed by atoms with van der Waals surface area (Å²) in [6.45, 7) is 0. The third-order valence-electron chi connectivity index (χ3n) is 1.05. The van der Waals surface area contributed by atoms with E-state index in [2.05, 4.69) is 25.3 Å².